The van der Waals surface area contributed by atoms with E-state index in [0.717, 1.165) is 0 Å². The van der Waals surface area contributed by atoms with Gasteiger partial charge in [0.1, 0.15) is 6.10 Å². The molecule has 0 aromatic heterocycles. The zero-order valence-electron chi connectivity index (χ0n) is 7.75. The lowest BCUT2D eigenvalue weighted by Gasteiger charge is -2.08. The van der Waals surface area contributed by atoms with Crippen molar-refractivity contribution >= 4 is 5.97 Å². The molecule has 0 aromatic carbocycles. The van der Waals surface area contributed by atoms with Crippen molar-refractivity contribution in [1.29, 1.82) is 0 Å². The van der Waals surface area contributed by atoms with Gasteiger partial charge in [0.15, 0.2) is 0 Å². The van der Waals surface area contributed by atoms with Crippen LogP contribution in [0.4, 0.5) is 0 Å². The van der Waals surface area contributed by atoms with E-state index in [-0.39, 0.29) is 18.0 Å². The van der Waals surface area contributed by atoms with Gasteiger partial charge in [0.25, 0.3) is 0 Å². The maximum absolute atomic E-state index is 11.2. The number of fused-ring (bicyclic) bond motifs is 1. The van der Waals surface area contributed by atoms with E-state index in [9.17, 15) is 4.79 Å². The Labute approximate surface area is 73.3 Å². The zero-order valence-corrected chi connectivity index (χ0v) is 7.75. The Balaban J connectivity index is 1.87. The van der Waals surface area contributed by atoms with Crippen molar-refractivity contribution < 1.29 is 9.53 Å². The number of carbonyl (C=O) groups excluding carboxylic acids is 1. The molecule has 0 N–H and O–H groups in total. The van der Waals surface area contributed by atoms with Gasteiger partial charge in [-0.2, -0.15) is 0 Å². The van der Waals surface area contributed by atoms with Crippen molar-refractivity contribution in [3.63, 3.8) is 0 Å². The standard InChI is InChI=1S/C10H16O2/c1-3-4-5-7-8-6(2)12-10(11)9(7)8/h6-9H,3-5H2,1-2H3/t6-,7+,8-,9+/m1/s1. The molecule has 2 aliphatic rings. The fourth-order valence-corrected chi connectivity index (χ4v) is 2.52. The topological polar surface area (TPSA) is 26.3 Å². The van der Waals surface area contributed by atoms with Crippen molar-refractivity contribution in [2.24, 2.45) is 17.8 Å². The zero-order chi connectivity index (χ0) is 8.72. The summed E-state index contributed by atoms with van der Waals surface area (Å²) in [6.45, 7) is 4.22. The summed E-state index contributed by atoms with van der Waals surface area (Å²) >= 11 is 0. The molecule has 2 fully saturated rings. The first kappa shape index (κ1) is 8.09. The van der Waals surface area contributed by atoms with Gasteiger partial charge in [0.05, 0.1) is 5.92 Å². The van der Waals surface area contributed by atoms with Crippen LogP contribution >= 0.6 is 0 Å². The average molecular weight is 168 g/mol. The fourth-order valence-electron chi connectivity index (χ4n) is 2.52. The molecule has 0 aromatic rings. The van der Waals surface area contributed by atoms with Crippen LogP contribution in [0.5, 0.6) is 0 Å². The molecule has 2 nitrogen and oxygen atoms in total. The van der Waals surface area contributed by atoms with Gasteiger partial charge in [-0.05, 0) is 19.3 Å². The third-order valence-corrected chi connectivity index (χ3v) is 3.24. The molecular weight excluding hydrogens is 152 g/mol. The van der Waals surface area contributed by atoms with Crippen LogP contribution in [0.1, 0.15) is 33.1 Å². The highest BCUT2D eigenvalue weighted by Crippen LogP contribution is 2.57. The highest BCUT2D eigenvalue weighted by Gasteiger charge is 2.63. The summed E-state index contributed by atoms with van der Waals surface area (Å²) in [6, 6.07) is 0. The SMILES string of the molecule is CCCC[C@@H]1[C@@H]2C(=O)O[C@H](C)[C@H]12. The molecule has 0 spiro atoms. The maximum atomic E-state index is 11.2. The van der Waals surface area contributed by atoms with Crippen molar-refractivity contribution in [3.8, 4) is 0 Å². The Morgan fingerprint density at radius 3 is 2.75 bits per heavy atom. The van der Waals surface area contributed by atoms with E-state index in [0.29, 0.717) is 11.8 Å². The molecule has 12 heavy (non-hydrogen) atoms. The van der Waals surface area contributed by atoms with Crippen molar-refractivity contribution in [1.82, 2.24) is 0 Å². The van der Waals surface area contributed by atoms with E-state index in [1.165, 1.54) is 19.3 Å². The van der Waals surface area contributed by atoms with Crippen LogP contribution in [0, 0.1) is 17.8 Å². The lowest BCUT2D eigenvalue weighted by molar-refractivity contribution is -0.145. The summed E-state index contributed by atoms with van der Waals surface area (Å²) in [5.41, 5.74) is 0. The van der Waals surface area contributed by atoms with Crippen molar-refractivity contribution in [2.45, 2.75) is 39.2 Å². The van der Waals surface area contributed by atoms with Gasteiger partial charge >= 0.3 is 5.97 Å². The van der Waals surface area contributed by atoms with Crippen LogP contribution in [0.15, 0.2) is 0 Å². The second-order valence-corrected chi connectivity index (χ2v) is 4.05. The summed E-state index contributed by atoms with van der Waals surface area (Å²) in [5.74, 6) is 1.59. The molecule has 4 atom stereocenters. The average Bonchev–Trinajstić information content (AvgIpc) is 2.66. The molecule has 1 saturated heterocycles. The molecule has 0 amide bonds. The number of cyclic esters (lactones) is 1. The van der Waals surface area contributed by atoms with Gasteiger partial charge in [0, 0.05) is 5.92 Å². The normalized spacial score (nSPS) is 44.0. The molecule has 1 aliphatic heterocycles. The second-order valence-electron chi connectivity index (χ2n) is 4.05. The molecule has 0 radical (unpaired) electrons. The highest BCUT2D eigenvalue weighted by atomic mass is 16.6. The monoisotopic (exact) mass is 168 g/mol. The number of hydrogen-bond acceptors (Lipinski definition) is 2. The van der Waals surface area contributed by atoms with Crippen LogP contribution in [-0.2, 0) is 9.53 Å². The van der Waals surface area contributed by atoms with Crippen molar-refractivity contribution in [2.75, 3.05) is 0 Å². The Bertz CT molecular complexity index is 200. The Morgan fingerprint density at radius 2 is 2.25 bits per heavy atom. The number of esters is 1. The van der Waals surface area contributed by atoms with Gasteiger partial charge in [-0.1, -0.05) is 19.8 Å². The van der Waals surface area contributed by atoms with E-state index in [4.69, 9.17) is 4.74 Å². The highest BCUT2D eigenvalue weighted by molar-refractivity contribution is 5.79. The first-order valence-corrected chi connectivity index (χ1v) is 4.96. The summed E-state index contributed by atoms with van der Waals surface area (Å²) in [4.78, 5) is 11.2. The summed E-state index contributed by atoms with van der Waals surface area (Å²) in [6.07, 6.45) is 3.92. The van der Waals surface area contributed by atoms with Gasteiger partial charge in [-0.3, -0.25) is 4.79 Å². The Kier molecular flexibility index (Phi) is 1.85. The first-order valence-electron chi connectivity index (χ1n) is 4.96. The lowest BCUT2D eigenvalue weighted by Crippen LogP contribution is -2.12. The molecule has 0 bridgehead atoms. The smallest absolute Gasteiger partial charge is 0.309 e. The largest absolute Gasteiger partial charge is 0.462 e. The third-order valence-electron chi connectivity index (χ3n) is 3.24. The minimum Gasteiger partial charge on any atom is -0.462 e. The van der Waals surface area contributed by atoms with E-state index in [2.05, 4.69) is 6.92 Å². The van der Waals surface area contributed by atoms with Crippen LogP contribution in [0.25, 0.3) is 0 Å². The molecule has 2 heteroatoms. The summed E-state index contributed by atoms with van der Waals surface area (Å²) in [5, 5.41) is 0. The molecule has 0 unspecified atom stereocenters. The number of ether oxygens (including phenoxy) is 1. The first-order chi connectivity index (χ1) is 5.75. The van der Waals surface area contributed by atoms with Crippen LogP contribution in [-0.4, -0.2) is 12.1 Å². The molecular formula is C10H16O2. The predicted molar refractivity (Wildman–Crippen MR) is 45.5 cm³/mol. The van der Waals surface area contributed by atoms with Gasteiger partial charge in [-0.15, -0.1) is 0 Å². The van der Waals surface area contributed by atoms with E-state index in [1.54, 1.807) is 0 Å². The van der Waals surface area contributed by atoms with E-state index >= 15 is 0 Å². The number of hydrogen-bond donors (Lipinski definition) is 0. The van der Waals surface area contributed by atoms with Gasteiger partial charge in [-0.25, -0.2) is 0 Å². The van der Waals surface area contributed by atoms with E-state index in [1.807, 2.05) is 6.92 Å². The van der Waals surface area contributed by atoms with Gasteiger partial charge < -0.3 is 4.74 Å². The minimum absolute atomic E-state index is 0.0635. The molecule has 1 saturated carbocycles. The van der Waals surface area contributed by atoms with Crippen LogP contribution in [0.2, 0.25) is 0 Å². The molecule has 1 heterocycles. The number of carbonyl (C=O) groups is 1. The van der Waals surface area contributed by atoms with Crippen molar-refractivity contribution in [3.05, 3.63) is 0 Å². The summed E-state index contributed by atoms with van der Waals surface area (Å²) in [7, 11) is 0. The summed E-state index contributed by atoms with van der Waals surface area (Å²) < 4.78 is 5.09. The Hall–Kier alpha value is -0.530. The molecule has 2 rings (SSSR count). The third kappa shape index (κ3) is 1.05. The fraction of sp³-hybridized carbons (Fsp3) is 0.900. The van der Waals surface area contributed by atoms with E-state index < -0.39 is 0 Å². The second kappa shape index (κ2) is 2.75. The Morgan fingerprint density at radius 1 is 1.50 bits per heavy atom. The molecule has 68 valence electrons. The molecule has 1 aliphatic carbocycles. The quantitative estimate of drug-likeness (QED) is 0.602. The van der Waals surface area contributed by atoms with Crippen LogP contribution < -0.4 is 0 Å². The number of rotatable bonds is 3. The van der Waals surface area contributed by atoms with Crippen LogP contribution in [0.3, 0.4) is 0 Å². The minimum atomic E-state index is 0.0635. The van der Waals surface area contributed by atoms with Gasteiger partial charge in [0.2, 0.25) is 0 Å². The lowest BCUT2D eigenvalue weighted by atomic mass is 10.1. The maximum Gasteiger partial charge on any atom is 0.309 e. The predicted octanol–water partition coefficient (Wildman–Crippen LogP) is 1.98. The number of unbranched alkanes of at least 4 members (excludes halogenated alkanes) is 1.